The van der Waals surface area contributed by atoms with Gasteiger partial charge in [0.25, 0.3) is 0 Å². The van der Waals surface area contributed by atoms with E-state index in [2.05, 4.69) is 41.2 Å². The number of likely N-dealkylation sites (tertiary alicyclic amines) is 1. The molecule has 2 heterocycles. The molecule has 4 rings (SSSR count). The smallest absolute Gasteiger partial charge is 0.246 e. The number of anilines is 1. The first-order valence-electron chi connectivity index (χ1n) is 14.9. The summed E-state index contributed by atoms with van der Waals surface area (Å²) in [7, 11) is 0. The van der Waals surface area contributed by atoms with Crippen LogP contribution in [0.15, 0.2) is 23.9 Å². The number of fused-ring (bicyclic) bond motifs is 1. The summed E-state index contributed by atoms with van der Waals surface area (Å²) in [6, 6.07) is 4.24. The van der Waals surface area contributed by atoms with Crippen molar-refractivity contribution in [1.29, 1.82) is 10.5 Å². The van der Waals surface area contributed by atoms with Crippen LogP contribution in [0.4, 0.5) is 10.1 Å². The van der Waals surface area contributed by atoms with Gasteiger partial charge in [0, 0.05) is 19.0 Å². The molecule has 1 saturated carbocycles. The van der Waals surface area contributed by atoms with E-state index in [1.807, 2.05) is 32.8 Å². The SMILES string of the molecule is C[C@H](Nc1ccc(C#N)cc1F)C(=O)N[C@H](C(=O)N1C[C@H]2[C@@H]([C@H]1C(=O)N[C@H](C#N)C[C@@H]1CCNC1=C=O)C2(C)C)C(C)(C)C. The fourth-order valence-electron chi connectivity index (χ4n) is 6.61. The third-order valence-electron chi connectivity index (χ3n) is 9.34. The number of amides is 3. The zero-order chi connectivity index (χ0) is 32.6. The summed E-state index contributed by atoms with van der Waals surface area (Å²) in [4.78, 5) is 53.9. The standard InChI is InChI=1S/C32H40FN7O4/c1-17(37-23-8-7-18(13-34)11-22(23)33)28(42)39-27(31(2,3)4)30(44)40-15-21-25(32(21,5)6)26(40)29(43)38-20(14-35)12-19-9-10-36-24(19)16-41/h7-8,11,17,19-21,25-27,36-37H,9-10,12,15H2,1-6H3,(H,38,43)(H,39,42)/t17-,19-,20-,21-,25-,26-,27+/m0/s1. The number of nitrogens with zero attached hydrogens (tertiary/aromatic N) is 3. The predicted molar refractivity (Wildman–Crippen MR) is 159 cm³/mol. The normalized spacial score (nSPS) is 25.2. The summed E-state index contributed by atoms with van der Waals surface area (Å²) < 4.78 is 14.4. The zero-order valence-electron chi connectivity index (χ0n) is 26.0. The van der Waals surface area contributed by atoms with E-state index in [9.17, 15) is 28.8 Å². The molecule has 0 radical (unpaired) electrons. The Kier molecular flexibility index (Phi) is 9.08. The average Bonchev–Trinajstić information content (AvgIpc) is 3.34. The van der Waals surface area contributed by atoms with Gasteiger partial charge in [0.2, 0.25) is 17.7 Å². The number of piperidine rings is 1. The van der Waals surface area contributed by atoms with Crippen molar-refractivity contribution < 1.29 is 23.6 Å². The number of rotatable bonds is 9. The lowest BCUT2D eigenvalue weighted by molar-refractivity contribution is -0.145. The van der Waals surface area contributed by atoms with Gasteiger partial charge in [0.1, 0.15) is 35.9 Å². The molecule has 1 aromatic carbocycles. The largest absolute Gasteiger partial charge is 0.379 e. The van der Waals surface area contributed by atoms with Crippen molar-refractivity contribution in [2.24, 2.45) is 28.6 Å². The minimum atomic E-state index is -1.00. The number of halogens is 1. The van der Waals surface area contributed by atoms with Gasteiger partial charge in [-0.3, -0.25) is 14.4 Å². The van der Waals surface area contributed by atoms with Gasteiger partial charge in [-0.2, -0.15) is 10.5 Å². The highest BCUT2D eigenvalue weighted by atomic mass is 19.1. The van der Waals surface area contributed by atoms with Gasteiger partial charge in [-0.1, -0.05) is 34.6 Å². The van der Waals surface area contributed by atoms with Crippen molar-refractivity contribution in [3.05, 3.63) is 35.3 Å². The van der Waals surface area contributed by atoms with Crippen molar-refractivity contribution >= 4 is 29.4 Å². The highest BCUT2D eigenvalue weighted by Gasteiger charge is 2.69. The minimum Gasteiger partial charge on any atom is -0.379 e. The van der Waals surface area contributed by atoms with E-state index in [1.54, 1.807) is 0 Å². The first-order valence-corrected chi connectivity index (χ1v) is 14.9. The summed E-state index contributed by atoms with van der Waals surface area (Å²) in [5.74, 6) is -0.423. The molecular formula is C32H40FN7O4. The molecule has 0 spiro atoms. The number of hydrogen-bond donors (Lipinski definition) is 4. The van der Waals surface area contributed by atoms with Gasteiger partial charge < -0.3 is 26.2 Å². The number of benzene rings is 1. The van der Waals surface area contributed by atoms with E-state index in [-0.39, 0.29) is 40.8 Å². The number of carbonyl (C=O) groups is 3. The van der Waals surface area contributed by atoms with Crippen LogP contribution in [0.5, 0.6) is 0 Å². The molecule has 7 atom stereocenters. The van der Waals surface area contributed by atoms with Gasteiger partial charge in [-0.15, -0.1) is 0 Å². The van der Waals surface area contributed by atoms with Crippen LogP contribution in [0.2, 0.25) is 0 Å². The summed E-state index contributed by atoms with van der Waals surface area (Å²) >= 11 is 0. The van der Waals surface area contributed by atoms with Crippen molar-refractivity contribution in [2.75, 3.05) is 18.4 Å². The highest BCUT2D eigenvalue weighted by molar-refractivity contribution is 5.95. The van der Waals surface area contributed by atoms with E-state index in [0.717, 1.165) is 6.07 Å². The Bertz CT molecular complexity index is 1470. The molecular weight excluding hydrogens is 565 g/mol. The minimum absolute atomic E-state index is 0.0417. The summed E-state index contributed by atoms with van der Waals surface area (Å²) in [5, 5.41) is 30.2. The molecule has 44 heavy (non-hydrogen) atoms. The Hall–Kier alpha value is -4.41. The van der Waals surface area contributed by atoms with Crippen LogP contribution in [0.3, 0.4) is 0 Å². The fourth-order valence-corrected chi connectivity index (χ4v) is 6.61. The van der Waals surface area contributed by atoms with Crippen LogP contribution < -0.4 is 21.3 Å². The van der Waals surface area contributed by atoms with Crippen LogP contribution >= 0.6 is 0 Å². The maximum Gasteiger partial charge on any atom is 0.246 e. The number of nitrogens with one attached hydrogen (secondary N) is 4. The van der Waals surface area contributed by atoms with Crippen LogP contribution in [-0.2, 0) is 19.2 Å². The van der Waals surface area contributed by atoms with Gasteiger partial charge >= 0.3 is 0 Å². The van der Waals surface area contributed by atoms with E-state index >= 15 is 0 Å². The molecule has 1 aliphatic carbocycles. The van der Waals surface area contributed by atoms with Crippen molar-refractivity contribution in [1.82, 2.24) is 20.9 Å². The molecule has 1 aromatic rings. The van der Waals surface area contributed by atoms with Gasteiger partial charge in [0.15, 0.2) is 0 Å². The van der Waals surface area contributed by atoms with E-state index in [4.69, 9.17) is 5.26 Å². The maximum atomic E-state index is 14.4. The first-order chi connectivity index (χ1) is 20.6. The zero-order valence-corrected chi connectivity index (χ0v) is 26.0. The van der Waals surface area contributed by atoms with Crippen molar-refractivity contribution in [2.45, 2.75) is 78.6 Å². The lowest BCUT2D eigenvalue weighted by Crippen LogP contribution is -2.61. The van der Waals surface area contributed by atoms with Crippen LogP contribution in [0.1, 0.15) is 59.9 Å². The Labute approximate surface area is 257 Å². The fraction of sp³-hybridized carbons (Fsp3) is 0.594. The van der Waals surface area contributed by atoms with E-state index in [1.165, 1.54) is 24.0 Å². The predicted octanol–water partition coefficient (Wildman–Crippen LogP) is 2.24. The second-order valence-electron chi connectivity index (χ2n) is 13.7. The van der Waals surface area contributed by atoms with Gasteiger partial charge in [-0.25, -0.2) is 9.18 Å². The second-order valence-corrected chi connectivity index (χ2v) is 13.7. The quantitative estimate of drug-likeness (QED) is 0.311. The molecule has 2 saturated heterocycles. The Morgan fingerprint density at radius 1 is 1.20 bits per heavy atom. The number of hydrogen-bond acceptors (Lipinski definition) is 8. The lowest BCUT2D eigenvalue weighted by atomic mass is 9.85. The average molecular weight is 606 g/mol. The maximum absolute atomic E-state index is 14.4. The number of carbonyl (C=O) groups excluding carboxylic acids is 4. The first kappa shape index (κ1) is 32.5. The van der Waals surface area contributed by atoms with Crippen LogP contribution in [0.25, 0.3) is 0 Å². The third kappa shape index (κ3) is 6.41. The Morgan fingerprint density at radius 2 is 1.91 bits per heavy atom. The second kappa shape index (κ2) is 12.3. The van der Waals surface area contributed by atoms with Crippen molar-refractivity contribution in [3.63, 3.8) is 0 Å². The molecule has 3 fully saturated rings. The number of nitriles is 2. The Morgan fingerprint density at radius 3 is 2.50 bits per heavy atom. The summed E-state index contributed by atoms with van der Waals surface area (Å²) in [6.07, 6.45) is 0.909. The highest BCUT2D eigenvalue weighted by Crippen LogP contribution is 2.65. The molecule has 3 amide bonds. The molecule has 12 heteroatoms. The Balaban J connectivity index is 1.50. The molecule has 0 aromatic heterocycles. The van der Waals surface area contributed by atoms with Crippen molar-refractivity contribution in [3.8, 4) is 12.1 Å². The van der Waals surface area contributed by atoms with E-state index < -0.39 is 53.1 Å². The van der Waals surface area contributed by atoms with E-state index in [0.29, 0.717) is 25.2 Å². The lowest BCUT2D eigenvalue weighted by Gasteiger charge is -2.38. The third-order valence-corrected chi connectivity index (χ3v) is 9.34. The molecule has 0 bridgehead atoms. The summed E-state index contributed by atoms with van der Waals surface area (Å²) in [5.41, 5.74) is -0.325. The van der Waals surface area contributed by atoms with Gasteiger partial charge in [0.05, 0.1) is 29.1 Å². The topological polar surface area (TPSA) is 167 Å². The molecule has 234 valence electrons. The molecule has 3 aliphatic rings. The van der Waals surface area contributed by atoms with Crippen LogP contribution in [0, 0.1) is 57.1 Å². The molecule has 2 aliphatic heterocycles. The number of allylic oxidation sites excluding steroid dienone is 1. The monoisotopic (exact) mass is 605 g/mol. The molecule has 4 N–H and O–H groups in total. The summed E-state index contributed by atoms with van der Waals surface area (Å²) in [6.45, 7) is 12.0. The van der Waals surface area contributed by atoms with Crippen LogP contribution in [-0.4, -0.2) is 65.8 Å². The molecule has 11 nitrogen and oxygen atoms in total. The molecule has 0 unspecified atom stereocenters. The van der Waals surface area contributed by atoms with Gasteiger partial charge in [-0.05, 0) is 60.6 Å².